The van der Waals surface area contributed by atoms with Gasteiger partial charge in [-0.25, -0.2) is 4.68 Å². The summed E-state index contributed by atoms with van der Waals surface area (Å²) in [5.41, 5.74) is 2.25. The molecule has 2 heterocycles. The first-order valence-corrected chi connectivity index (χ1v) is 11.9. The predicted octanol–water partition coefficient (Wildman–Crippen LogP) is 3.86. The number of carbonyl (C=O) groups excluding carboxylic acids is 2. The van der Waals surface area contributed by atoms with E-state index in [1.54, 1.807) is 36.1 Å². The predicted molar refractivity (Wildman–Crippen MR) is 139 cm³/mol. The van der Waals surface area contributed by atoms with Crippen molar-refractivity contribution in [3.8, 4) is 5.75 Å². The highest BCUT2D eigenvalue weighted by atomic mass is 16.5. The number of fused-ring (bicyclic) bond motifs is 1. The highest BCUT2D eigenvalue weighted by Gasteiger charge is 2.36. The fourth-order valence-corrected chi connectivity index (χ4v) is 4.05. The fraction of sp³-hybridized carbons (Fsp3) is 0.333. The Hall–Kier alpha value is -4.14. The van der Waals surface area contributed by atoms with Crippen molar-refractivity contribution in [2.75, 3.05) is 12.0 Å². The Morgan fingerprint density at radius 1 is 1.08 bits per heavy atom. The summed E-state index contributed by atoms with van der Waals surface area (Å²) in [7, 11) is 3.45. The molecule has 0 radical (unpaired) electrons. The molecule has 0 unspecified atom stereocenters. The first kappa shape index (κ1) is 25.0. The SMILES string of the molecule is CCC(C)(C)NC(=O)[C@H](c1cccn1C)N(C(=O)Cn1nnc2ccccc21)c1ccc(OC)cc1. The van der Waals surface area contributed by atoms with Crippen LogP contribution in [0.1, 0.15) is 38.9 Å². The van der Waals surface area contributed by atoms with Crippen LogP contribution in [-0.2, 0) is 23.2 Å². The summed E-state index contributed by atoms with van der Waals surface area (Å²) >= 11 is 0. The Kier molecular flexibility index (Phi) is 7.10. The quantitative estimate of drug-likeness (QED) is 0.386. The summed E-state index contributed by atoms with van der Waals surface area (Å²) in [6.07, 6.45) is 2.60. The number of carbonyl (C=O) groups is 2. The molecule has 1 N–H and O–H groups in total. The third kappa shape index (κ3) is 5.10. The number of nitrogens with zero attached hydrogens (tertiary/aromatic N) is 5. The summed E-state index contributed by atoms with van der Waals surface area (Å²) in [6.45, 7) is 5.86. The Morgan fingerprint density at radius 2 is 1.81 bits per heavy atom. The van der Waals surface area contributed by atoms with E-state index in [1.165, 1.54) is 4.90 Å². The van der Waals surface area contributed by atoms with E-state index in [2.05, 4.69) is 15.6 Å². The second kappa shape index (κ2) is 10.2. The molecule has 188 valence electrons. The van der Waals surface area contributed by atoms with Crippen LogP contribution in [0.4, 0.5) is 5.69 Å². The number of ether oxygens (including phenoxy) is 1. The first-order chi connectivity index (χ1) is 17.2. The molecule has 1 atom stereocenters. The fourth-order valence-electron chi connectivity index (χ4n) is 4.05. The molecule has 0 saturated carbocycles. The number of para-hydroxylation sites is 1. The topological polar surface area (TPSA) is 94.3 Å². The Labute approximate surface area is 210 Å². The average molecular weight is 489 g/mol. The van der Waals surface area contributed by atoms with Gasteiger partial charge in [0.25, 0.3) is 0 Å². The summed E-state index contributed by atoms with van der Waals surface area (Å²) in [5, 5.41) is 11.5. The normalized spacial score (nSPS) is 12.4. The summed E-state index contributed by atoms with van der Waals surface area (Å²) in [4.78, 5) is 29.4. The third-order valence-electron chi connectivity index (χ3n) is 6.44. The van der Waals surface area contributed by atoms with Crippen LogP contribution in [0.15, 0.2) is 66.9 Å². The van der Waals surface area contributed by atoms with Crippen molar-refractivity contribution in [2.45, 2.75) is 45.3 Å². The number of methoxy groups -OCH3 is 1. The number of benzene rings is 2. The lowest BCUT2D eigenvalue weighted by Crippen LogP contribution is -2.51. The van der Waals surface area contributed by atoms with Crippen molar-refractivity contribution in [1.29, 1.82) is 0 Å². The number of nitrogens with one attached hydrogen (secondary N) is 1. The highest BCUT2D eigenvalue weighted by Crippen LogP contribution is 2.31. The van der Waals surface area contributed by atoms with E-state index in [4.69, 9.17) is 4.74 Å². The molecule has 4 rings (SSSR count). The van der Waals surface area contributed by atoms with Crippen LogP contribution in [0.5, 0.6) is 5.75 Å². The maximum Gasteiger partial charge on any atom is 0.249 e. The molecule has 0 aliphatic carbocycles. The number of hydrogen-bond acceptors (Lipinski definition) is 5. The van der Waals surface area contributed by atoms with E-state index in [9.17, 15) is 9.59 Å². The maximum atomic E-state index is 14.0. The van der Waals surface area contributed by atoms with Crippen LogP contribution in [0.3, 0.4) is 0 Å². The van der Waals surface area contributed by atoms with Gasteiger partial charge >= 0.3 is 0 Å². The van der Waals surface area contributed by atoms with E-state index in [-0.39, 0.29) is 18.4 Å². The molecular weight excluding hydrogens is 456 g/mol. The van der Waals surface area contributed by atoms with Crippen molar-refractivity contribution in [2.24, 2.45) is 7.05 Å². The zero-order valence-electron chi connectivity index (χ0n) is 21.3. The lowest BCUT2D eigenvalue weighted by Gasteiger charge is -2.34. The second-order valence-electron chi connectivity index (χ2n) is 9.37. The van der Waals surface area contributed by atoms with Crippen molar-refractivity contribution in [1.82, 2.24) is 24.9 Å². The molecule has 9 heteroatoms. The summed E-state index contributed by atoms with van der Waals surface area (Å²) in [5.74, 6) is 0.0862. The van der Waals surface area contributed by atoms with Crippen molar-refractivity contribution in [3.05, 3.63) is 72.6 Å². The average Bonchev–Trinajstić information content (AvgIpc) is 3.48. The molecule has 2 amide bonds. The van der Waals surface area contributed by atoms with Crippen LogP contribution in [0, 0.1) is 0 Å². The Balaban J connectivity index is 1.81. The lowest BCUT2D eigenvalue weighted by atomic mass is 10.00. The molecule has 0 aliphatic heterocycles. The van der Waals surface area contributed by atoms with Gasteiger partial charge in [-0.1, -0.05) is 24.3 Å². The second-order valence-corrected chi connectivity index (χ2v) is 9.37. The van der Waals surface area contributed by atoms with E-state index in [0.717, 1.165) is 11.9 Å². The van der Waals surface area contributed by atoms with Gasteiger partial charge in [-0.15, -0.1) is 5.10 Å². The van der Waals surface area contributed by atoms with Gasteiger partial charge in [0.2, 0.25) is 11.8 Å². The Bertz CT molecular complexity index is 1360. The van der Waals surface area contributed by atoms with E-state index >= 15 is 0 Å². The molecule has 0 spiro atoms. The van der Waals surface area contributed by atoms with Crippen molar-refractivity contribution >= 4 is 28.5 Å². The molecule has 0 fully saturated rings. The zero-order chi connectivity index (χ0) is 25.9. The molecule has 0 saturated heterocycles. The van der Waals surface area contributed by atoms with E-state index < -0.39 is 11.6 Å². The number of anilines is 1. The van der Waals surface area contributed by atoms with E-state index in [1.807, 2.05) is 75.0 Å². The van der Waals surface area contributed by atoms with Crippen LogP contribution in [-0.4, -0.2) is 44.0 Å². The van der Waals surface area contributed by atoms with Gasteiger partial charge in [0.1, 0.15) is 17.8 Å². The van der Waals surface area contributed by atoms with Crippen molar-refractivity contribution < 1.29 is 14.3 Å². The Morgan fingerprint density at radius 3 is 2.44 bits per heavy atom. The smallest absolute Gasteiger partial charge is 0.249 e. The minimum Gasteiger partial charge on any atom is -0.497 e. The van der Waals surface area contributed by atoms with Crippen LogP contribution < -0.4 is 15.0 Å². The molecular formula is C27H32N6O3. The molecule has 0 aliphatic rings. The molecule has 0 bridgehead atoms. The van der Waals surface area contributed by atoms with Gasteiger partial charge in [-0.2, -0.15) is 0 Å². The largest absolute Gasteiger partial charge is 0.497 e. The van der Waals surface area contributed by atoms with Crippen LogP contribution in [0.25, 0.3) is 11.0 Å². The monoisotopic (exact) mass is 488 g/mol. The number of rotatable bonds is 9. The minimum atomic E-state index is -0.911. The van der Waals surface area contributed by atoms with Gasteiger partial charge in [0.15, 0.2) is 6.04 Å². The molecule has 9 nitrogen and oxygen atoms in total. The molecule has 4 aromatic rings. The zero-order valence-corrected chi connectivity index (χ0v) is 21.3. The summed E-state index contributed by atoms with van der Waals surface area (Å²) < 4.78 is 8.73. The standard InChI is InChI=1S/C27H32N6O3/c1-6-27(2,3)28-26(35)25(23-12-9-17-31(23)4)33(19-13-15-20(36-5)16-14-19)24(34)18-32-22-11-8-7-10-21(22)29-30-32/h7-17,25H,6,18H2,1-5H3,(H,28,35)/t25-/m0/s1. The number of aromatic nitrogens is 4. The van der Waals surface area contributed by atoms with Gasteiger partial charge in [0, 0.05) is 24.5 Å². The highest BCUT2D eigenvalue weighted by molar-refractivity contribution is 6.01. The number of amides is 2. The maximum absolute atomic E-state index is 14.0. The van der Waals surface area contributed by atoms with Gasteiger partial charge in [-0.3, -0.25) is 14.5 Å². The molecule has 2 aromatic carbocycles. The van der Waals surface area contributed by atoms with Crippen LogP contribution >= 0.6 is 0 Å². The summed E-state index contributed by atoms with van der Waals surface area (Å²) in [6, 6.07) is 17.4. The first-order valence-electron chi connectivity index (χ1n) is 11.9. The van der Waals surface area contributed by atoms with Gasteiger partial charge in [-0.05, 0) is 68.8 Å². The lowest BCUT2D eigenvalue weighted by molar-refractivity contribution is -0.128. The van der Waals surface area contributed by atoms with Gasteiger partial charge in [0.05, 0.1) is 18.3 Å². The molecule has 2 aromatic heterocycles. The molecule has 36 heavy (non-hydrogen) atoms. The van der Waals surface area contributed by atoms with E-state index in [0.29, 0.717) is 22.6 Å². The number of hydrogen-bond donors (Lipinski definition) is 1. The minimum absolute atomic E-state index is 0.0854. The third-order valence-corrected chi connectivity index (χ3v) is 6.44. The number of aryl methyl sites for hydroxylation is 1. The van der Waals surface area contributed by atoms with Gasteiger partial charge < -0.3 is 14.6 Å². The van der Waals surface area contributed by atoms with Crippen LogP contribution in [0.2, 0.25) is 0 Å². The van der Waals surface area contributed by atoms with Crippen molar-refractivity contribution in [3.63, 3.8) is 0 Å².